The normalized spacial score (nSPS) is 20.3. The SMILES string of the molecule is CC(C)n1c(=O)[nH]c2cc(C3CCCNC3)ccc21. The van der Waals surface area contributed by atoms with E-state index >= 15 is 0 Å². The molecule has 0 saturated carbocycles. The van der Waals surface area contributed by atoms with Crippen LogP contribution in [0.3, 0.4) is 0 Å². The average Bonchev–Trinajstić information content (AvgIpc) is 2.74. The number of aromatic nitrogens is 2. The third kappa shape index (κ3) is 2.21. The van der Waals surface area contributed by atoms with Crippen LogP contribution in [-0.2, 0) is 0 Å². The monoisotopic (exact) mass is 259 g/mol. The first-order valence-corrected chi connectivity index (χ1v) is 7.11. The van der Waals surface area contributed by atoms with Gasteiger partial charge in [-0.05, 0) is 56.8 Å². The fraction of sp³-hybridized carbons (Fsp3) is 0.533. The highest BCUT2D eigenvalue weighted by atomic mass is 16.1. The van der Waals surface area contributed by atoms with Gasteiger partial charge in [0.05, 0.1) is 11.0 Å². The number of fused-ring (bicyclic) bond motifs is 1. The Bertz CT molecular complexity index is 632. The number of nitrogens with zero attached hydrogens (tertiary/aromatic N) is 1. The second-order valence-electron chi connectivity index (χ2n) is 5.71. The van der Waals surface area contributed by atoms with E-state index in [1.807, 2.05) is 18.4 Å². The molecule has 2 N–H and O–H groups in total. The van der Waals surface area contributed by atoms with Crippen LogP contribution in [-0.4, -0.2) is 22.6 Å². The standard InChI is InChI=1S/C15H21N3O/c1-10(2)18-14-6-5-11(8-13(14)17-15(18)19)12-4-3-7-16-9-12/h5-6,8,10,12,16H,3-4,7,9H2,1-2H3,(H,17,19). The van der Waals surface area contributed by atoms with Gasteiger partial charge in [0.25, 0.3) is 0 Å². The van der Waals surface area contributed by atoms with Crippen LogP contribution in [0.4, 0.5) is 0 Å². The molecule has 1 fully saturated rings. The Balaban J connectivity index is 2.04. The number of piperidine rings is 1. The summed E-state index contributed by atoms with van der Waals surface area (Å²) in [7, 11) is 0. The van der Waals surface area contributed by atoms with E-state index in [1.165, 1.54) is 18.4 Å². The van der Waals surface area contributed by atoms with Crippen LogP contribution in [0.2, 0.25) is 0 Å². The Morgan fingerprint density at radius 3 is 2.89 bits per heavy atom. The maximum atomic E-state index is 12.0. The summed E-state index contributed by atoms with van der Waals surface area (Å²) in [5, 5.41) is 3.44. The molecule has 19 heavy (non-hydrogen) atoms. The third-order valence-corrected chi connectivity index (χ3v) is 4.03. The van der Waals surface area contributed by atoms with E-state index in [1.54, 1.807) is 0 Å². The van der Waals surface area contributed by atoms with Crippen molar-refractivity contribution < 1.29 is 0 Å². The summed E-state index contributed by atoms with van der Waals surface area (Å²) in [6, 6.07) is 6.58. The largest absolute Gasteiger partial charge is 0.326 e. The van der Waals surface area contributed by atoms with Crippen molar-refractivity contribution in [2.75, 3.05) is 13.1 Å². The zero-order valence-corrected chi connectivity index (χ0v) is 11.6. The van der Waals surface area contributed by atoms with Gasteiger partial charge in [-0.2, -0.15) is 0 Å². The predicted octanol–water partition coefficient (Wildman–Crippen LogP) is 2.38. The Hall–Kier alpha value is -1.55. The van der Waals surface area contributed by atoms with E-state index in [0.717, 1.165) is 24.1 Å². The van der Waals surface area contributed by atoms with E-state index in [9.17, 15) is 4.79 Å². The van der Waals surface area contributed by atoms with Gasteiger partial charge in [-0.25, -0.2) is 4.79 Å². The van der Waals surface area contributed by atoms with Gasteiger partial charge in [0.2, 0.25) is 0 Å². The fourth-order valence-electron chi connectivity index (χ4n) is 3.05. The highest BCUT2D eigenvalue weighted by Crippen LogP contribution is 2.26. The molecule has 2 heterocycles. The quantitative estimate of drug-likeness (QED) is 0.870. The van der Waals surface area contributed by atoms with Crippen LogP contribution < -0.4 is 11.0 Å². The highest BCUT2D eigenvalue weighted by molar-refractivity contribution is 5.76. The summed E-state index contributed by atoms with van der Waals surface area (Å²) in [6.07, 6.45) is 2.46. The molecule has 1 saturated heterocycles. The van der Waals surface area contributed by atoms with Crippen LogP contribution in [0, 0.1) is 0 Å². The molecule has 1 atom stereocenters. The maximum absolute atomic E-state index is 12.0. The minimum atomic E-state index is -0.0103. The molecular formula is C15H21N3O. The van der Waals surface area contributed by atoms with Gasteiger partial charge in [-0.3, -0.25) is 4.57 Å². The summed E-state index contributed by atoms with van der Waals surface area (Å²) in [5.41, 5.74) is 3.29. The molecule has 1 unspecified atom stereocenters. The van der Waals surface area contributed by atoms with Gasteiger partial charge in [0, 0.05) is 12.6 Å². The van der Waals surface area contributed by atoms with Gasteiger partial charge in [0.1, 0.15) is 0 Å². The molecule has 0 spiro atoms. The molecule has 2 aromatic rings. The van der Waals surface area contributed by atoms with Gasteiger partial charge < -0.3 is 10.3 Å². The molecule has 0 aliphatic carbocycles. The molecule has 1 aromatic carbocycles. The second-order valence-corrected chi connectivity index (χ2v) is 5.71. The van der Waals surface area contributed by atoms with Crippen molar-refractivity contribution in [3.05, 3.63) is 34.2 Å². The maximum Gasteiger partial charge on any atom is 0.326 e. The Kier molecular flexibility index (Phi) is 3.19. The van der Waals surface area contributed by atoms with E-state index in [4.69, 9.17) is 0 Å². The van der Waals surface area contributed by atoms with Crippen molar-refractivity contribution in [2.24, 2.45) is 0 Å². The van der Waals surface area contributed by atoms with Crippen LogP contribution >= 0.6 is 0 Å². The highest BCUT2D eigenvalue weighted by Gasteiger charge is 2.17. The number of hydrogen-bond acceptors (Lipinski definition) is 2. The number of imidazole rings is 1. The average molecular weight is 259 g/mol. The zero-order chi connectivity index (χ0) is 13.4. The number of benzene rings is 1. The lowest BCUT2D eigenvalue weighted by molar-refractivity contribution is 0.462. The molecule has 0 radical (unpaired) electrons. The van der Waals surface area contributed by atoms with Gasteiger partial charge in [-0.15, -0.1) is 0 Å². The van der Waals surface area contributed by atoms with Crippen molar-refractivity contribution in [2.45, 2.75) is 38.6 Å². The number of hydrogen-bond donors (Lipinski definition) is 2. The zero-order valence-electron chi connectivity index (χ0n) is 11.6. The molecule has 4 nitrogen and oxygen atoms in total. The summed E-state index contributed by atoms with van der Waals surface area (Å²) in [4.78, 5) is 14.9. The van der Waals surface area contributed by atoms with Crippen LogP contribution in [0.25, 0.3) is 11.0 Å². The van der Waals surface area contributed by atoms with Crippen LogP contribution in [0.15, 0.2) is 23.0 Å². The lowest BCUT2D eigenvalue weighted by Crippen LogP contribution is -2.28. The summed E-state index contributed by atoms with van der Waals surface area (Å²) < 4.78 is 1.82. The van der Waals surface area contributed by atoms with E-state index in [2.05, 4.69) is 28.5 Å². The van der Waals surface area contributed by atoms with Gasteiger partial charge >= 0.3 is 5.69 Å². The Morgan fingerprint density at radius 1 is 1.37 bits per heavy atom. The minimum absolute atomic E-state index is 0.0103. The second kappa shape index (κ2) is 4.85. The van der Waals surface area contributed by atoms with Crippen molar-refractivity contribution in [1.82, 2.24) is 14.9 Å². The van der Waals surface area contributed by atoms with Crippen molar-refractivity contribution in [1.29, 1.82) is 0 Å². The van der Waals surface area contributed by atoms with Crippen LogP contribution in [0.5, 0.6) is 0 Å². The Labute approximate surface area is 112 Å². The molecule has 1 aliphatic rings. The first-order valence-electron chi connectivity index (χ1n) is 7.11. The summed E-state index contributed by atoms with van der Waals surface area (Å²) >= 11 is 0. The number of rotatable bonds is 2. The molecule has 0 bridgehead atoms. The van der Waals surface area contributed by atoms with E-state index in [-0.39, 0.29) is 11.7 Å². The summed E-state index contributed by atoms with van der Waals surface area (Å²) in [5.74, 6) is 0.573. The van der Waals surface area contributed by atoms with Crippen LogP contribution in [0.1, 0.15) is 44.2 Å². The number of nitrogens with one attached hydrogen (secondary N) is 2. The first kappa shape index (κ1) is 12.5. The van der Waals surface area contributed by atoms with Gasteiger partial charge in [0.15, 0.2) is 0 Å². The number of aromatic amines is 1. The predicted molar refractivity (Wildman–Crippen MR) is 77.8 cm³/mol. The lowest BCUT2D eigenvalue weighted by Gasteiger charge is -2.23. The Morgan fingerprint density at radius 2 is 2.21 bits per heavy atom. The number of H-pyrrole nitrogens is 1. The molecular weight excluding hydrogens is 238 g/mol. The van der Waals surface area contributed by atoms with Crippen molar-refractivity contribution in [3.63, 3.8) is 0 Å². The molecule has 0 amide bonds. The van der Waals surface area contributed by atoms with Gasteiger partial charge in [-0.1, -0.05) is 6.07 Å². The lowest BCUT2D eigenvalue weighted by atomic mass is 9.91. The first-order chi connectivity index (χ1) is 9.16. The topological polar surface area (TPSA) is 49.8 Å². The smallest absolute Gasteiger partial charge is 0.316 e. The van der Waals surface area contributed by atoms with E-state index in [0.29, 0.717) is 5.92 Å². The molecule has 4 heteroatoms. The summed E-state index contributed by atoms with van der Waals surface area (Å²) in [6.45, 7) is 6.24. The minimum Gasteiger partial charge on any atom is -0.316 e. The third-order valence-electron chi connectivity index (χ3n) is 4.03. The fourth-order valence-corrected chi connectivity index (χ4v) is 3.05. The molecule has 1 aliphatic heterocycles. The van der Waals surface area contributed by atoms with E-state index < -0.39 is 0 Å². The van der Waals surface area contributed by atoms with Crippen molar-refractivity contribution in [3.8, 4) is 0 Å². The molecule has 3 rings (SSSR count). The van der Waals surface area contributed by atoms with Crippen molar-refractivity contribution >= 4 is 11.0 Å². The molecule has 102 valence electrons. The molecule has 1 aromatic heterocycles.